The van der Waals surface area contributed by atoms with Gasteiger partial charge < -0.3 is 14.9 Å². The molecule has 1 aromatic heterocycles. The minimum absolute atomic E-state index is 0.0155. The Morgan fingerprint density at radius 1 is 1.47 bits per heavy atom. The molecule has 0 spiro atoms. The smallest absolute Gasteiger partial charge is 0.331 e. The fourth-order valence-corrected chi connectivity index (χ4v) is 1.64. The fourth-order valence-electron chi connectivity index (χ4n) is 1.64. The van der Waals surface area contributed by atoms with Gasteiger partial charge in [-0.05, 0) is 6.92 Å². The minimum atomic E-state index is -1.30. The van der Waals surface area contributed by atoms with E-state index in [1.165, 1.54) is 13.1 Å². The van der Waals surface area contributed by atoms with Gasteiger partial charge in [0.15, 0.2) is 0 Å². The first-order valence-electron chi connectivity index (χ1n) is 4.95. The van der Waals surface area contributed by atoms with Crippen molar-refractivity contribution in [2.24, 2.45) is 0 Å². The average Bonchev–Trinajstić information content (AvgIpc) is 2.51. The number of ether oxygens (including phenoxy) is 1. The van der Waals surface area contributed by atoms with Crippen molar-refractivity contribution in [1.82, 2.24) is 9.55 Å². The van der Waals surface area contributed by atoms with Crippen molar-refractivity contribution < 1.29 is 14.9 Å². The molecule has 0 bridgehead atoms. The highest BCUT2D eigenvalue weighted by molar-refractivity contribution is 5.07. The molecule has 1 fully saturated rings. The van der Waals surface area contributed by atoms with Crippen molar-refractivity contribution in [3.8, 4) is 0 Å². The Morgan fingerprint density at radius 2 is 2.12 bits per heavy atom. The van der Waals surface area contributed by atoms with Crippen LogP contribution in [0.2, 0.25) is 0 Å². The molecule has 3 atom stereocenters. The van der Waals surface area contributed by atoms with Gasteiger partial charge in [-0.2, -0.15) is 0 Å². The van der Waals surface area contributed by atoms with E-state index in [4.69, 9.17) is 4.74 Å². The summed E-state index contributed by atoms with van der Waals surface area (Å²) in [4.78, 5) is 24.8. The fraction of sp³-hybridized carbons (Fsp3) is 0.400. The highest BCUT2D eigenvalue weighted by Gasteiger charge is 2.40. The number of rotatable bonds is 1. The van der Waals surface area contributed by atoms with Crippen LogP contribution in [0, 0.1) is 6.92 Å². The number of H-pyrrole nitrogens is 1. The number of aryl methyl sites for hydroxylation is 1. The van der Waals surface area contributed by atoms with Gasteiger partial charge in [0.1, 0.15) is 18.0 Å². The van der Waals surface area contributed by atoms with Gasteiger partial charge in [-0.25, -0.2) is 4.79 Å². The number of nitrogens with one attached hydrogen (secondary N) is 1. The third kappa shape index (κ3) is 1.79. The SMILES string of the molecule is C=C1O[C@@H](n2cc(C)c(=O)[nH]c2=O)C(O)C1O. The molecule has 17 heavy (non-hydrogen) atoms. The van der Waals surface area contributed by atoms with E-state index < -0.39 is 29.7 Å². The molecule has 2 unspecified atom stereocenters. The zero-order valence-corrected chi connectivity index (χ0v) is 9.08. The van der Waals surface area contributed by atoms with Crippen LogP contribution in [0.1, 0.15) is 11.8 Å². The first-order valence-corrected chi connectivity index (χ1v) is 4.95. The molecule has 7 nitrogen and oxygen atoms in total. The molecule has 0 amide bonds. The lowest BCUT2D eigenvalue weighted by molar-refractivity contribution is -0.0164. The lowest BCUT2D eigenvalue weighted by Gasteiger charge is -2.16. The number of aromatic amines is 1. The molecule has 0 radical (unpaired) electrons. The van der Waals surface area contributed by atoms with Crippen LogP contribution in [0.5, 0.6) is 0 Å². The van der Waals surface area contributed by atoms with E-state index in [9.17, 15) is 19.8 Å². The predicted octanol–water partition coefficient (Wildman–Crippen LogP) is -1.39. The Balaban J connectivity index is 2.49. The molecule has 1 saturated heterocycles. The molecule has 92 valence electrons. The Kier molecular flexibility index (Phi) is 2.64. The lowest BCUT2D eigenvalue weighted by atomic mass is 10.2. The minimum Gasteiger partial charge on any atom is -0.469 e. The Bertz CT molecular complexity index is 573. The van der Waals surface area contributed by atoms with E-state index in [0.717, 1.165) is 4.57 Å². The van der Waals surface area contributed by atoms with E-state index in [1.807, 2.05) is 0 Å². The van der Waals surface area contributed by atoms with E-state index >= 15 is 0 Å². The van der Waals surface area contributed by atoms with Gasteiger partial charge in [-0.15, -0.1) is 0 Å². The Hall–Kier alpha value is -1.86. The summed E-state index contributed by atoms with van der Waals surface area (Å²) in [5, 5.41) is 19.1. The van der Waals surface area contributed by atoms with Gasteiger partial charge in [0.05, 0.1) is 0 Å². The van der Waals surface area contributed by atoms with E-state index in [1.54, 1.807) is 0 Å². The molecule has 3 N–H and O–H groups in total. The van der Waals surface area contributed by atoms with E-state index in [0.29, 0.717) is 5.56 Å². The molecule has 0 saturated carbocycles. The molecular formula is C10H12N2O5. The highest BCUT2D eigenvalue weighted by atomic mass is 16.5. The first-order chi connectivity index (χ1) is 7.91. The van der Waals surface area contributed by atoms with Crippen molar-refractivity contribution in [2.45, 2.75) is 25.4 Å². The lowest BCUT2D eigenvalue weighted by Crippen LogP contribution is -2.38. The molecule has 2 heterocycles. The quantitative estimate of drug-likeness (QED) is 0.560. The number of aliphatic hydroxyl groups excluding tert-OH is 2. The topological polar surface area (TPSA) is 105 Å². The first kappa shape index (κ1) is 11.6. The summed E-state index contributed by atoms with van der Waals surface area (Å²) in [5.41, 5.74) is -0.919. The Labute approximate surface area is 95.6 Å². The molecule has 1 aliphatic heterocycles. The van der Waals surface area contributed by atoms with Crippen molar-refractivity contribution in [3.05, 3.63) is 44.9 Å². The molecular weight excluding hydrogens is 228 g/mol. The summed E-state index contributed by atoms with van der Waals surface area (Å²) in [5.74, 6) is -0.0155. The second-order valence-electron chi connectivity index (χ2n) is 3.89. The van der Waals surface area contributed by atoms with Crippen LogP contribution < -0.4 is 11.2 Å². The van der Waals surface area contributed by atoms with Crippen molar-refractivity contribution in [2.75, 3.05) is 0 Å². The summed E-state index contributed by atoms with van der Waals surface area (Å²) in [7, 11) is 0. The molecule has 1 aliphatic rings. The third-order valence-electron chi connectivity index (χ3n) is 2.64. The van der Waals surface area contributed by atoms with Crippen LogP contribution in [0.15, 0.2) is 28.1 Å². The molecule has 7 heteroatoms. The molecule has 1 aromatic rings. The molecule has 2 rings (SSSR count). The van der Waals surface area contributed by atoms with Gasteiger partial charge in [0.2, 0.25) is 6.23 Å². The number of hydrogen-bond acceptors (Lipinski definition) is 5. The van der Waals surface area contributed by atoms with E-state index in [-0.39, 0.29) is 5.76 Å². The maximum absolute atomic E-state index is 11.5. The van der Waals surface area contributed by atoms with Crippen molar-refractivity contribution in [3.63, 3.8) is 0 Å². The summed E-state index contributed by atoms with van der Waals surface area (Å²) in [6.45, 7) is 4.93. The maximum atomic E-state index is 11.5. The standard InChI is InChI=1S/C10H12N2O5/c1-4-3-12(10(16)11-8(4)15)9-7(14)6(13)5(2)17-9/h3,6-7,9,13-14H,2H2,1H3,(H,11,15,16)/t6?,7?,9-/m1/s1. The monoisotopic (exact) mass is 240 g/mol. The maximum Gasteiger partial charge on any atom is 0.331 e. The zero-order chi connectivity index (χ0) is 12.7. The highest BCUT2D eigenvalue weighted by Crippen LogP contribution is 2.29. The third-order valence-corrected chi connectivity index (χ3v) is 2.64. The predicted molar refractivity (Wildman–Crippen MR) is 57.3 cm³/mol. The summed E-state index contributed by atoms with van der Waals surface area (Å²) in [6.07, 6.45) is -2.37. The summed E-state index contributed by atoms with van der Waals surface area (Å²) < 4.78 is 6.11. The number of aliphatic hydroxyl groups is 2. The van der Waals surface area contributed by atoms with Crippen LogP contribution in [-0.4, -0.2) is 32.0 Å². The van der Waals surface area contributed by atoms with Gasteiger partial charge in [0.25, 0.3) is 5.56 Å². The number of hydrogen-bond donors (Lipinski definition) is 3. The zero-order valence-electron chi connectivity index (χ0n) is 9.08. The number of aromatic nitrogens is 2. The van der Waals surface area contributed by atoms with Gasteiger partial charge in [0, 0.05) is 11.8 Å². The van der Waals surface area contributed by atoms with Crippen molar-refractivity contribution >= 4 is 0 Å². The normalized spacial score (nSPS) is 28.2. The summed E-state index contributed by atoms with van der Waals surface area (Å²) >= 11 is 0. The van der Waals surface area contributed by atoms with Crippen LogP contribution in [0.4, 0.5) is 0 Å². The van der Waals surface area contributed by atoms with Crippen LogP contribution in [0.3, 0.4) is 0 Å². The second kappa shape index (κ2) is 3.86. The molecule has 0 aromatic carbocycles. The largest absolute Gasteiger partial charge is 0.469 e. The van der Waals surface area contributed by atoms with E-state index in [2.05, 4.69) is 11.6 Å². The van der Waals surface area contributed by atoms with Crippen LogP contribution in [0.25, 0.3) is 0 Å². The van der Waals surface area contributed by atoms with Gasteiger partial charge in [-0.1, -0.05) is 6.58 Å². The number of nitrogens with zero attached hydrogens (tertiary/aromatic N) is 1. The summed E-state index contributed by atoms with van der Waals surface area (Å²) in [6, 6.07) is 0. The molecule has 0 aliphatic carbocycles. The van der Waals surface area contributed by atoms with Crippen molar-refractivity contribution in [1.29, 1.82) is 0 Å². The van der Waals surface area contributed by atoms with Gasteiger partial charge in [-0.3, -0.25) is 14.3 Å². The van der Waals surface area contributed by atoms with Crippen LogP contribution >= 0.6 is 0 Å². The van der Waals surface area contributed by atoms with Gasteiger partial charge >= 0.3 is 5.69 Å². The average molecular weight is 240 g/mol. The van der Waals surface area contributed by atoms with Crippen LogP contribution in [-0.2, 0) is 4.74 Å². The Morgan fingerprint density at radius 3 is 2.65 bits per heavy atom. The second-order valence-corrected chi connectivity index (χ2v) is 3.89.